The van der Waals surface area contributed by atoms with Crippen LogP contribution in [0.1, 0.15) is 28.5 Å². The predicted octanol–water partition coefficient (Wildman–Crippen LogP) is 3.12. The van der Waals surface area contributed by atoms with E-state index < -0.39 is 0 Å². The Hall–Kier alpha value is -1.65. The molecule has 2 aromatic rings. The first-order valence-electron chi connectivity index (χ1n) is 7.76. The number of carbonyl (C=O) groups is 1. The molecule has 0 unspecified atom stereocenters. The zero-order chi connectivity index (χ0) is 15.5. The minimum atomic E-state index is -0.0885. The molecule has 1 aliphatic rings. The lowest BCUT2D eigenvalue weighted by atomic mass is 9.96. The third-order valence-corrected chi connectivity index (χ3v) is 5.22. The summed E-state index contributed by atoms with van der Waals surface area (Å²) in [6.07, 6.45) is 1.03. The Morgan fingerprint density at radius 2 is 2.23 bits per heavy atom. The summed E-state index contributed by atoms with van der Waals surface area (Å²) in [6.45, 7) is 6.58. The molecule has 2 heterocycles. The fourth-order valence-electron chi connectivity index (χ4n) is 2.94. The summed E-state index contributed by atoms with van der Waals surface area (Å²) < 4.78 is 0. The van der Waals surface area contributed by atoms with Gasteiger partial charge in [0, 0.05) is 18.0 Å². The molecule has 1 N–H and O–H groups in total. The normalized spacial score (nSPS) is 16.1. The molecule has 1 amide bonds. The van der Waals surface area contributed by atoms with E-state index in [9.17, 15) is 4.79 Å². The van der Waals surface area contributed by atoms with Crippen molar-refractivity contribution < 1.29 is 4.79 Å². The first kappa shape index (κ1) is 15.3. The monoisotopic (exact) mass is 314 g/mol. The molecular weight excluding hydrogens is 292 g/mol. The van der Waals surface area contributed by atoms with Crippen molar-refractivity contribution in [1.82, 2.24) is 10.2 Å². The Balaban J connectivity index is 1.59. The highest BCUT2D eigenvalue weighted by molar-refractivity contribution is 7.09. The van der Waals surface area contributed by atoms with Gasteiger partial charge in [0.25, 0.3) is 0 Å². The minimum Gasteiger partial charge on any atom is -0.350 e. The second-order valence-corrected chi connectivity index (χ2v) is 7.00. The summed E-state index contributed by atoms with van der Waals surface area (Å²) in [4.78, 5) is 15.8. The van der Waals surface area contributed by atoms with Gasteiger partial charge in [-0.2, -0.15) is 0 Å². The van der Waals surface area contributed by atoms with E-state index in [1.807, 2.05) is 18.4 Å². The number of fused-ring (bicyclic) bond motifs is 1. The third-order valence-electron chi connectivity index (χ3n) is 4.35. The zero-order valence-electron chi connectivity index (χ0n) is 13.1. The van der Waals surface area contributed by atoms with Gasteiger partial charge < -0.3 is 5.32 Å². The number of carbonyl (C=O) groups excluding carboxylic acids is 1. The van der Waals surface area contributed by atoms with Gasteiger partial charge >= 0.3 is 0 Å². The molecule has 0 spiro atoms. The van der Waals surface area contributed by atoms with E-state index in [0.717, 1.165) is 19.5 Å². The van der Waals surface area contributed by atoms with Crippen molar-refractivity contribution in [3.05, 3.63) is 57.3 Å². The number of nitrogens with zero attached hydrogens (tertiary/aromatic N) is 1. The molecule has 0 saturated carbocycles. The lowest BCUT2D eigenvalue weighted by molar-refractivity contribution is -0.126. The molecule has 116 valence electrons. The quantitative estimate of drug-likeness (QED) is 0.940. The smallest absolute Gasteiger partial charge is 0.237 e. The third kappa shape index (κ3) is 3.39. The van der Waals surface area contributed by atoms with E-state index in [2.05, 4.69) is 41.4 Å². The molecule has 4 heteroatoms. The topological polar surface area (TPSA) is 32.3 Å². The minimum absolute atomic E-state index is 0.0885. The molecule has 1 aromatic heterocycles. The molecule has 1 aromatic carbocycles. The van der Waals surface area contributed by atoms with Gasteiger partial charge in [0.15, 0.2) is 0 Å². The second kappa shape index (κ2) is 6.63. The second-order valence-electron chi connectivity index (χ2n) is 5.97. The van der Waals surface area contributed by atoms with Crippen LogP contribution in [0.4, 0.5) is 0 Å². The molecule has 22 heavy (non-hydrogen) atoms. The molecule has 0 fully saturated rings. The van der Waals surface area contributed by atoms with Gasteiger partial charge in [-0.1, -0.05) is 29.8 Å². The van der Waals surface area contributed by atoms with Crippen molar-refractivity contribution in [1.29, 1.82) is 0 Å². The number of hydrogen-bond acceptors (Lipinski definition) is 3. The van der Waals surface area contributed by atoms with E-state index in [1.165, 1.54) is 21.6 Å². The Morgan fingerprint density at radius 3 is 3.00 bits per heavy atom. The van der Waals surface area contributed by atoms with E-state index in [1.54, 1.807) is 11.3 Å². The SMILES string of the molecule is Cc1ccc2c(c1)CCN([C@@H](C)C(=O)NCc1cccs1)C2. The lowest BCUT2D eigenvalue weighted by Gasteiger charge is -2.33. The van der Waals surface area contributed by atoms with Crippen LogP contribution in [0.3, 0.4) is 0 Å². The summed E-state index contributed by atoms with van der Waals surface area (Å²) in [5.74, 6) is 0.115. The van der Waals surface area contributed by atoms with Gasteiger partial charge in [-0.25, -0.2) is 0 Å². The average Bonchev–Trinajstić information content (AvgIpc) is 3.04. The van der Waals surface area contributed by atoms with Crippen molar-refractivity contribution in [3.63, 3.8) is 0 Å². The summed E-state index contributed by atoms with van der Waals surface area (Å²) in [6, 6.07) is 10.6. The Morgan fingerprint density at radius 1 is 1.36 bits per heavy atom. The summed E-state index contributed by atoms with van der Waals surface area (Å²) in [5.41, 5.74) is 4.10. The lowest BCUT2D eigenvalue weighted by Crippen LogP contribution is -2.46. The fourth-order valence-corrected chi connectivity index (χ4v) is 3.58. The van der Waals surface area contributed by atoms with Crippen LogP contribution in [0.2, 0.25) is 0 Å². The van der Waals surface area contributed by atoms with Gasteiger partial charge in [-0.05, 0) is 42.8 Å². The van der Waals surface area contributed by atoms with E-state index in [4.69, 9.17) is 0 Å². The van der Waals surface area contributed by atoms with Crippen LogP contribution >= 0.6 is 11.3 Å². The maximum absolute atomic E-state index is 12.4. The average molecular weight is 314 g/mol. The molecule has 3 rings (SSSR count). The van der Waals surface area contributed by atoms with Crippen molar-refractivity contribution in [2.24, 2.45) is 0 Å². The van der Waals surface area contributed by atoms with Gasteiger partial charge in [-0.3, -0.25) is 9.69 Å². The number of hydrogen-bond donors (Lipinski definition) is 1. The first-order valence-corrected chi connectivity index (χ1v) is 8.64. The molecule has 1 atom stereocenters. The van der Waals surface area contributed by atoms with Crippen LogP contribution in [0.25, 0.3) is 0 Å². The molecule has 0 radical (unpaired) electrons. The molecule has 0 saturated heterocycles. The Labute approximate surface area is 136 Å². The van der Waals surface area contributed by atoms with Crippen LogP contribution in [-0.2, 0) is 24.3 Å². The fraction of sp³-hybridized carbons (Fsp3) is 0.389. The molecule has 3 nitrogen and oxygen atoms in total. The van der Waals surface area contributed by atoms with Crippen LogP contribution in [0.5, 0.6) is 0 Å². The van der Waals surface area contributed by atoms with Gasteiger partial charge in [0.2, 0.25) is 5.91 Å². The van der Waals surface area contributed by atoms with Crippen LogP contribution < -0.4 is 5.32 Å². The van der Waals surface area contributed by atoms with E-state index >= 15 is 0 Å². The van der Waals surface area contributed by atoms with E-state index in [0.29, 0.717) is 6.54 Å². The molecular formula is C18H22N2OS. The van der Waals surface area contributed by atoms with Crippen LogP contribution in [-0.4, -0.2) is 23.4 Å². The van der Waals surface area contributed by atoms with Gasteiger partial charge in [0.1, 0.15) is 0 Å². The van der Waals surface area contributed by atoms with E-state index in [-0.39, 0.29) is 11.9 Å². The van der Waals surface area contributed by atoms with Gasteiger partial charge in [0.05, 0.1) is 12.6 Å². The summed E-state index contributed by atoms with van der Waals surface area (Å²) in [5, 5.41) is 5.08. The zero-order valence-corrected chi connectivity index (χ0v) is 14.0. The number of thiophene rings is 1. The maximum Gasteiger partial charge on any atom is 0.237 e. The largest absolute Gasteiger partial charge is 0.350 e. The predicted molar refractivity (Wildman–Crippen MR) is 90.9 cm³/mol. The highest BCUT2D eigenvalue weighted by Gasteiger charge is 2.25. The number of rotatable bonds is 4. The van der Waals surface area contributed by atoms with Crippen LogP contribution in [0, 0.1) is 6.92 Å². The van der Waals surface area contributed by atoms with Crippen LogP contribution in [0.15, 0.2) is 35.7 Å². The molecule has 0 bridgehead atoms. The van der Waals surface area contributed by atoms with Gasteiger partial charge in [-0.15, -0.1) is 11.3 Å². The Kier molecular flexibility index (Phi) is 4.60. The van der Waals surface area contributed by atoms with Crippen molar-refractivity contribution >= 4 is 17.2 Å². The highest BCUT2D eigenvalue weighted by atomic mass is 32.1. The molecule has 0 aliphatic carbocycles. The maximum atomic E-state index is 12.4. The number of benzene rings is 1. The summed E-state index contributed by atoms with van der Waals surface area (Å²) in [7, 11) is 0. The number of amides is 1. The van der Waals surface area contributed by atoms with Crippen molar-refractivity contribution in [2.45, 2.75) is 39.4 Å². The first-order chi connectivity index (χ1) is 10.6. The van der Waals surface area contributed by atoms with Crippen molar-refractivity contribution in [2.75, 3.05) is 6.54 Å². The van der Waals surface area contributed by atoms with Crippen molar-refractivity contribution in [3.8, 4) is 0 Å². The Bertz CT molecular complexity index is 651. The molecule has 1 aliphatic heterocycles. The number of nitrogens with one attached hydrogen (secondary N) is 1. The standard InChI is InChI=1S/C18H22N2OS/c1-13-5-6-16-12-20(8-7-15(16)10-13)14(2)18(21)19-11-17-4-3-9-22-17/h3-6,9-10,14H,7-8,11-12H2,1-2H3,(H,19,21)/t14-/m0/s1. The number of aryl methyl sites for hydroxylation is 1. The highest BCUT2D eigenvalue weighted by Crippen LogP contribution is 2.21. The summed E-state index contributed by atoms with van der Waals surface area (Å²) >= 11 is 1.68.